The van der Waals surface area contributed by atoms with Crippen LogP contribution in [0.2, 0.25) is 0 Å². The predicted octanol–water partition coefficient (Wildman–Crippen LogP) is 4.68. The fourth-order valence-corrected chi connectivity index (χ4v) is 3.24. The molecule has 0 saturated carbocycles. The summed E-state index contributed by atoms with van der Waals surface area (Å²) >= 11 is 0. The minimum atomic E-state index is -0.156. The number of aromatic nitrogens is 1. The molecule has 1 aliphatic heterocycles. The van der Waals surface area contributed by atoms with Crippen LogP contribution in [0.3, 0.4) is 0 Å². The second-order valence-electron chi connectivity index (χ2n) is 6.62. The summed E-state index contributed by atoms with van der Waals surface area (Å²) in [6.07, 6.45) is 4.17. The number of para-hydroxylation sites is 1. The van der Waals surface area contributed by atoms with Gasteiger partial charge in [-0.2, -0.15) is 0 Å². The van der Waals surface area contributed by atoms with E-state index in [-0.39, 0.29) is 5.91 Å². The SMILES string of the molecule is O=C(Nc1ccccc1)c1ccnc(Nc2ccc(N3CCCC3)cc2)c1. The van der Waals surface area contributed by atoms with Crippen molar-refractivity contribution in [3.05, 3.63) is 78.5 Å². The Morgan fingerprint density at radius 2 is 1.63 bits per heavy atom. The van der Waals surface area contributed by atoms with E-state index in [0.717, 1.165) is 24.5 Å². The minimum Gasteiger partial charge on any atom is -0.372 e. The molecule has 27 heavy (non-hydrogen) atoms. The molecule has 1 aromatic heterocycles. The van der Waals surface area contributed by atoms with Gasteiger partial charge in [0.25, 0.3) is 5.91 Å². The molecule has 0 bridgehead atoms. The summed E-state index contributed by atoms with van der Waals surface area (Å²) in [5, 5.41) is 6.16. The first-order valence-corrected chi connectivity index (χ1v) is 9.22. The summed E-state index contributed by atoms with van der Waals surface area (Å²) in [7, 11) is 0. The number of carbonyl (C=O) groups is 1. The number of nitrogens with one attached hydrogen (secondary N) is 2. The second-order valence-corrected chi connectivity index (χ2v) is 6.62. The number of anilines is 4. The summed E-state index contributed by atoms with van der Waals surface area (Å²) in [6.45, 7) is 2.26. The van der Waals surface area contributed by atoms with Gasteiger partial charge in [0.05, 0.1) is 0 Å². The van der Waals surface area contributed by atoms with Crippen LogP contribution in [0.1, 0.15) is 23.2 Å². The summed E-state index contributed by atoms with van der Waals surface area (Å²) in [4.78, 5) is 19.2. The normalized spacial score (nSPS) is 13.4. The predicted molar refractivity (Wildman–Crippen MR) is 110 cm³/mol. The van der Waals surface area contributed by atoms with Crippen molar-refractivity contribution in [1.82, 2.24) is 4.98 Å². The number of rotatable bonds is 5. The number of benzene rings is 2. The molecule has 0 aliphatic carbocycles. The van der Waals surface area contributed by atoms with Crippen molar-refractivity contribution >= 4 is 28.8 Å². The van der Waals surface area contributed by atoms with Crippen molar-refractivity contribution in [2.45, 2.75) is 12.8 Å². The molecule has 136 valence electrons. The third-order valence-electron chi connectivity index (χ3n) is 4.66. The zero-order valence-corrected chi connectivity index (χ0v) is 15.1. The number of amides is 1. The van der Waals surface area contributed by atoms with Crippen molar-refractivity contribution < 1.29 is 4.79 Å². The topological polar surface area (TPSA) is 57.3 Å². The van der Waals surface area contributed by atoms with Crippen molar-refractivity contribution in [3.8, 4) is 0 Å². The largest absolute Gasteiger partial charge is 0.372 e. The Kier molecular flexibility index (Phi) is 5.01. The van der Waals surface area contributed by atoms with Gasteiger partial charge in [0.15, 0.2) is 0 Å². The first-order valence-electron chi connectivity index (χ1n) is 9.22. The number of carbonyl (C=O) groups excluding carboxylic acids is 1. The van der Waals surface area contributed by atoms with E-state index in [1.165, 1.54) is 18.5 Å². The zero-order chi connectivity index (χ0) is 18.5. The Bertz CT molecular complexity index is 903. The third kappa shape index (κ3) is 4.26. The molecular formula is C22H22N4O. The maximum atomic E-state index is 12.4. The van der Waals surface area contributed by atoms with Crippen LogP contribution in [0.25, 0.3) is 0 Å². The maximum Gasteiger partial charge on any atom is 0.255 e. The van der Waals surface area contributed by atoms with Gasteiger partial charge in [0.1, 0.15) is 5.82 Å². The van der Waals surface area contributed by atoms with E-state index in [1.807, 2.05) is 42.5 Å². The highest BCUT2D eigenvalue weighted by atomic mass is 16.1. The fourth-order valence-electron chi connectivity index (χ4n) is 3.24. The molecule has 4 rings (SSSR count). The Balaban J connectivity index is 1.43. The number of hydrogen-bond acceptors (Lipinski definition) is 4. The van der Waals surface area contributed by atoms with Gasteiger partial charge in [-0.3, -0.25) is 4.79 Å². The first kappa shape index (κ1) is 17.1. The average Bonchev–Trinajstić information content (AvgIpc) is 3.24. The molecule has 3 aromatic rings. The van der Waals surface area contributed by atoms with Crippen LogP contribution in [0.5, 0.6) is 0 Å². The van der Waals surface area contributed by atoms with E-state index < -0.39 is 0 Å². The summed E-state index contributed by atoms with van der Waals surface area (Å²) < 4.78 is 0. The lowest BCUT2D eigenvalue weighted by Crippen LogP contribution is -2.17. The molecule has 5 nitrogen and oxygen atoms in total. The monoisotopic (exact) mass is 358 g/mol. The lowest BCUT2D eigenvalue weighted by atomic mass is 10.2. The molecule has 1 saturated heterocycles. The van der Waals surface area contributed by atoms with Crippen LogP contribution in [0.15, 0.2) is 72.9 Å². The van der Waals surface area contributed by atoms with E-state index in [4.69, 9.17) is 0 Å². The molecule has 0 radical (unpaired) electrons. The van der Waals surface area contributed by atoms with Crippen molar-refractivity contribution in [3.63, 3.8) is 0 Å². The van der Waals surface area contributed by atoms with Gasteiger partial charge in [-0.15, -0.1) is 0 Å². The second kappa shape index (κ2) is 7.91. The van der Waals surface area contributed by atoms with Crippen molar-refractivity contribution in [2.24, 2.45) is 0 Å². The molecule has 2 N–H and O–H groups in total. The summed E-state index contributed by atoms with van der Waals surface area (Å²) in [5.74, 6) is 0.487. The van der Waals surface area contributed by atoms with Crippen LogP contribution >= 0.6 is 0 Å². The van der Waals surface area contributed by atoms with Gasteiger partial charge in [-0.25, -0.2) is 4.98 Å². The zero-order valence-electron chi connectivity index (χ0n) is 15.1. The number of nitrogens with zero attached hydrogens (tertiary/aromatic N) is 2. The molecule has 5 heteroatoms. The van der Waals surface area contributed by atoms with Gasteiger partial charge in [-0.1, -0.05) is 18.2 Å². The lowest BCUT2D eigenvalue weighted by Gasteiger charge is -2.18. The van der Waals surface area contributed by atoms with E-state index >= 15 is 0 Å². The third-order valence-corrected chi connectivity index (χ3v) is 4.66. The lowest BCUT2D eigenvalue weighted by molar-refractivity contribution is 0.102. The van der Waals surface area contributed by atoms with Gasteiger partial charge < -0.3 is 15.5 Å². The average molecular weight is 358 g/mol. The molecule has 0 atom stereocenters. The number of hydrogen-bond donors (Lipinski definition) is 2. The highest BCUT2D eigenvalue weighted by molar-refractivity contribution is 6.04. The molecular weight excluding hydrogens is 336 g/mol. The van der Waals surface area contributed by atoms with E-state index in [1.54, 1.807) is 18.3 Å². The Hall–Kier alpha value is -3.34. The smallest absolute Gasteiger partial charge is 0.255 e. The molecule has 1 amide bonds. The summed E-state index contributed by atoms with van der Waals surface area (Å²) in [5.41, 5.74) is 3.53. The fraction of sp³-hybridized carbons (Fsp3) is 0.182. The van der Waals surface area contributed by atoms with Crippen LogP contribution in [-0.4, -0.2) is 24.0 Å². The van der Waals surface area contributed by atoms with E-state index in [0.29, 0.717) is 11.4 Å². The van der Waals surface area contributed by atoms with Crippen molar-refractivity contribution in [2.75, 3.05) is 28.6 Å². The highest BCUT2D eigenvalue weighted by Gasteiger charge is 2.12. The summed E-state index contributed by atoms with van der Waals surface area (Å²) in [6, 6.07) is 21.2. The Morgan fingerprint density at radius 1 is 0.889 bits per heavy atom. The van der Waals surface area contributed by atoms with Gasteiger partial charge in [0.2, 0.25) is 0 Å². The Labute approximate surface area is 159 Å². The molecule has 0 spiro atoms. The van der Waals surface area contributed by atoms with Crippen LogP contribution in [-0.2, 0) is 0 Å². The van der Waals surface area contributed by atoms with E-state index in [2.05, 4.69) is 32.7 Å². The molecule has 0 unspecified atom stereocenters. The molecule has 2 aromatic carbocycles. The standard InChI is InChI=1S/C22H22N4O/c27-22(25-18-6-2-1-3-7-18)17-12-13-23-21(16-17)24-19-8-10-20(11-9-19)26-14-4-5-15-26/h1-3,6-13,16H,4-5,14-15H2,(H,23,24)(H,25,27). The van der Waals surface area contributed by atoms with Gasteiger partial charge >= 0.3 is 0 Å². The maximum absolute atomic E-state index is 12.4. The quantitative estimate of drug-likeness (QED) is 0.695. The van der Waals surface area contributed by atoms with Gasteiger partial charge in [0, 0.05) is 41.9 Å². The molecule has 1 fully saturated rings. The number of pyridine rings is 1. The van der Waals surface area contributed by atoms with Crippen molar-refractivity contribution in [1.29, 1.82) is 0 Å². The highest BCUT2D eigenvalue weighted by Crippen LogP contribution is 2.23. The minimum absolute atomic E-state index is 0.156. The van der Waals surface area contributed by atoms with Gasteiger partial charge in [-0.05, 0) is 61.4 Å². The Morgan fingerprint density at radius 3 is 2.37 bits per heavy atom. The first-order chi connectivity index (χ1) is 13.3. The van der Waals surface area contributed by atoms with Crippen LogP contribution in [0.4, 0.5) is 22.9 Å². The molecule has 1 aliphatic rings. The molecule has 2 heterocycles. The van der Waals surface area contributed by atoms with Crippen LogP contribution in [0, 0.1) is 0 Å². The van der Waals surface area contributed by atoms with E-state index in [9.17, 15) is 4.79 Å². The van der Waals surface area contributed by atoms with Crippen LogP contribution < -0.4 is 15.5 Å².